The van der Waals surface area contributed by atoms with Crippen LogP contribution in [-0.4, -0.2) is 27.8 Å². The minimum atomic E-state index is -0.217. The summed E-state index contributed by atoms with van der Waals surface area (Å²) in [7, 11) is 0. The molecule has 0 aliphatic heterocycles. The minimum absolute atomic E-state index is 0.213. The van der Waals surface area contributed by atoms with Gasteiger partial charge < -0.3 is 4.98 Å². The Morgan fingerprint density at radius 1 is 1.29 bits per heavy atom. The number of rotatable bonds is 5. The molecule has 0 unspecified atom stereocenters. The number of hydrogen-bond donors (Lipinski definition) is 2. The van der Waals surface area contributed by atoms with Crippen molar-refractivity contribution >= 4 is 34.9 Å². The smallest absolute Gasteiger partial charge is 0.250 e. The van der Waals surface area contributed by atoms with Crippen molar-refractivity contribution in [2.45, 2.75) is 5.16 Å². The van der Waals surface area contributed by atoms with Crippen molar-refractivity contribution in [3.05, 3.63) is 59.7 Å². The van der Waals surface area contributed by atoms with Crippen LogP contribution >= 0.6 is 11.8 Å². The number of aromatic nitrogens is 2. The molecule has 0 aliphatic carbocycles. The summed E-state index contributed by atoms with van der Waals surface area (Å²) in [5.74, 6) is -0.00444. The fourth-order valence-corrected chi connectivity index (χ4v) is 2.66. The summed E-state index contributed by atoms with van der Waals surface area (Å²) in [4.78, 5) is 19.3. The second-order valence-electron chi connectivity index (χ2n) is 4.87. The number of fused-ring (bicyclic) bond motifs is 1. The number of hydrazone groups is 1. The highest BCUT2D eigenvalue weighted by Gasteiger charge is 2.06. The van der Waals surface area contributed by atoms with Crippen molar-refractivity contribution in [2.24, 2.45) is 5.10 Å². The first kappa shape index (κ1) is 15.8. The third kappa shape index (κ3) is 4.00. The zero-order valence-electron chi connectivity index (χ0n) is 12.6. The van der Waals surface area contributed by atoms with E-state index < -0.39 is 0 Å². The number of nitrogens with zero attached hydrogens (tertiary/aromatic N) is 3. The molecule has 0 saturated carbocycles. The molecule has 6 nitrogen and oxygen atoms in total. The van der Waals surface area contributed by atoms with E-state index in [1.807, 2.05) is 30.3 Å². The van der Waals surface area contributed by atoms with Crippen LogP contribution < -0.4 is 5.43 Å². The van der Waals surface area contributed by atoms with E-state index in [1.165, 1.54) is 18.0 Å². The largest absolute Gasteiger partial charge is 0.333 e. The highest BCUT2D eigenvalue weighted by molar-refractivity contribution is 7.99. The monoisotopic (exact) mass is 335 g/mol. The maximum Gasteiger partial charge on any atom is 0.250 e. The van der Waals surface area contributed by atoms with E-state index in [2.05, 4.69) is 20.5 Å². The molecular formula is C17H13N5OS. The summed E-state index contributed by atoms with van der Waals surface area (Å²) >= 11 is 1.32. The second kappa shape index (κ2) is 7.44. The molecule has 3 rings (SSSR count). The Bertz CT molecular complexity index is 891. The van der Waals surface area contributed by atoms with E-state index in [0.29, 0.717) is 10.7 Å². The van der Waals surface area contributed by atoms with Crippen LogP contribution in [0.2, 0.25) is 0 Å². The molecule has 0 radical (unpaired) electrons. The number of nitriles is 1. The predicted molar refractivity (Wildman–Crippen MR) is 93.7 cm³/mol. The van der Waals surface area contributed by atoms with Crippen molar-refractivity contribution in [1.29, 1.82) is 5.26 Å². The van der Waals surface area contributed by atoms with E-state index in [-0.39, 0.29) is 11.7 Å². The average molecular weight is 335 g/mol. The van der Waals surface area contributed by atoms with Gasteiger partial charge in [-0.3, -0.25) is 4.79 Å². The summed E-state index contributed by atoms with van der Waals surface area (Å²) < 4.78 is 0. The number of benzene rings is 2. The molecule has 2 N–H and O–H groups in total. The van der Waals surface area contributed by atoms with Crippen LogP contribution in [-0.2, 0) is 4.79 Å². The zero-order valence-corrected chi connectivity index (χ0v) is 13.4. The van der Waals surface area contributed by atoms with E-state index in [1.54, 1.807) is 24.3 Å². The Kier molecular flexibility index (Phi) is 4.89. The summed E-state index contributed by atoms with van der Waals surface area (Å²) in [5.41, 5.74) is 5.67. The van der Waals surface area contributed by atoms with Gasteiger partial charge in [-0.15, -0.1) is 0 Å². The fourth-order valence-electron chi connectivity index (χ4n) is 1.99. The highest BCUT2D eigenvalue weighted by Crippen LogP contribution is 2.18. The first-order valence-corrected chi connectivity index (χ1v) is 8.13. The summed E-state index contributed by atoms with van der Waals surface area (Å²) in [6.45, 7) is 0. The van der Waals surface area contributed by atoms with Crippen LogP contribution in [0.4, 0.5) is 0 Å². The molecule has 1 heterocycles. The summed E-state index contributed by atoms with van der Waals surface area (Å²) in [6.07, 6.45) is 1.53. The fraction of sp³-hybridized carbons (Fsp3) is 0.0588. The number of para-hydroxylation sites is 2. The van der Waals surface area contributed by atoms with E-state index >= 15 is 0 Å². The molecule has 0 aliphatic rings. The van der Waals surface area contributed by atoms with Gasteiger partial charge in [0.05, 0.1) is 34.6 Å². The number of hydrogen-bond acceptors (Lipinski definition) is 5. The molecule has 0 saturated heterocycles. The number of aromatic amines is 1. The van der Waals surface area contributed by atoms with Gasteiger partial charge in [0, 0.05) is 0 Å². The molecule has 1 amide bonds. The van der Waals surface area contributed by atoms with Gasteiger partial charge in [-0.1, -0.05) is 36.0 Å². The minimum Gasteiger partial charge on any atom is -0.333 e. The van der Waals surface area contributed by atoms with Gasteiger partial charge in [0.1, 0.15) is 0 Å². The van der Waals surface area contributed by atoms with Crippen LogP contribution in [0.15, 0.2) is 58.8 Å². The lowest BCUT2D eigenvalue weighted by Gasteiger charge is -1.98. The number of imidazole rings is 1. The summed E-state index contributed by atoms with van der Waals surface area (Å²) in [6, 6.07) is 16.7. The molecule has 0 atom stereocenters. The lowest BCUT2D eigenvalue weighted by molar-refractivity contribution is -0.118. The number of nitrogens with one attached hydrogen (secondary N) is 2. The third-order valence-corrected chi connectivity index (χ3v) is 4.02. The number of amides is 1. The average Bonchev–Trinajstić information content (AvgIpc) is 3.03. The van der Waals surface area contributed by atoms with E-state index in [9.17, 15) is 4.79 Å². The summed E-state index contributed by atoms with van der Waals surface area (Å²) in [5, 5.41) is 13.3. The molecule has 1 aromatic heterocycles. The predicted octanol–water partition coefficient (Wildman–Crippen LogP) is 2.68. The SMILES string of the molecule is N#Cc1ccc(/C=N\NC(=O)CSc2nc3ccccc3[nH]2)cc1. The second-order valence-corrected chi connectivity index (χ2v) is 5.84. The van der Waals surface area contributed by atoms with Crippen LogP contribution in [0, 0.1) is 11.3 Å². The maximum absolute atomic E-state index is 11.8. The quantitative estimate of drug-likeness (QED) is 0.426. The van der Waals surface area contributed by atoms with Crippen molar-refractivity contribution in [1.82, 2.24) is 15.4 Å². The first-order valence-electron chi connectivity index (χ1n) is 7.14. The third-order valence-electron chi connectivity index (χ3n) is 3.15. The van der Waals surface area contributed by atoms with Crippen LogP contribution in [0.1, 0.15) is 11.1 Å². The molecule has 2 aromatic carbocycles. The molecule has 0 fully saturated rings. The zero-order chi connectivity index (χ0) is 16.8. The van der Waals surface area contributed by atoms with Crippen LogP contribution in [0.3, 0.4) is 0 Å². The Labute approximate surface area is 142 Å². The molecule has 3 aromatic rings. The van der Waals surface area contributed by atoms with Gasteiger partial charge in [0.25, 0.3) is 5.91 Å². The maximum atomic E-state index is 11.8. The lowest BCUT2D eigenvalue weighted by Crippen LogP contribution is -2.19. The van der Waals surface area contributed by atoms with Crippen LogP contribution in [0.25, 0.3) is 11.0 Å². The number of carbonyl (C=O) groups excluding carboxylic acids is 1. The number of thioether (sulfide) groups is 1. The normalized spacial score (nSPS) is 10.8. The first-order chi connectivity index (χ1) is 11.7. The van der Waals surface area contributed by atoms with Crippen molar-refractivity contribution in [3.8, 4) is 6.07 Å². The van der Waals surface area contributed by atoms with Crippen LogP contribution in [0.5, 0.6) is 0 Å². The van der Waals surface area contributed by atoms with Crippen molar-refractivity contribution < 1.29 is 4.79 Å². The van der Waals surface area contributed by atoms with Crippen molar-refractivity contribution in [3.63, 3.8) is 0 Å². The highest BCUT2D eigenvalue weighted by atomic mass is 32.2. The van der Waals surface area contributed by atoms with Gasteiger partial charge in [-0.25, -0.2) is 10.4 Å². The molecule has 24 heavy (non-hydrogen) atoms. The Morgan fingerprint density at radius 3 is 2.83 bits per heavy atom. The molecule has 0 bridgehead atoms. The molecule has 7 heteroatoms. The topological polar surface area (TPSA) is 93.9 Å². The standard InChI is InChI=1S/C17H13N5OS/c18-9-12-5-7-13(8-6-12)10-19-22-16(23)11-24-17-20-14-3-1-2-4-15(14)21-17/h1-8,10H,11H2,(H,20,21)(H,22,23)/b19-10-. The Hall–Kier alpha value is -3.11. The Morgan fingerprint density at radius 2 is 2.08 bits per heavy atom. The number of H-pyrrole nitrogens is 1. The van der Waals surface area contributed by atoms with Gasteiger partial charge in [0.2, 0.25) is 0 Å². The van der Waals surface area contributed by atoms with Gasteiger partial charge in [-0.2, -0.15) is 10.4 Å². The van der Waals surface area contributed by atoms with Gasteiger partial charge >= 0.3 is 0 Å². The van der Waals surface area contributed by atoms with Gasteiger partial charge in [-0.05, 0) is 29.8 Å². The lowest BCUT2D eigenvalue weighted by atomic mass is 10.2. The molecular weight excluding hydrogens is 322 g/mol. The molecule has 118 valence electrons. The van der Waals surface area contributed by atoms with Crippen molar-refractivity contribution in [2.75, 3.05) is 5.75 Å². The number of carbonyl (C=O) groups is 1. The van der Waals surface area contributed by atoms with E-state index in [0.717, 1.165) is 16.6 Å². The Balaban J connectivity index is 1.50. The molecule has 0 spiro atoms. The van der Waals surface area contributed by atoms with Gasteiger partial charge in [0.15, 0.2) is 5.16 Å². The van der Waals surface area contributed by atoms with E-state index in [4.69, 9.17) is 5.26 Å².